The van der Waals surface area contributed by atoms with Gasteiger partial charge in [-0.3, -0.25) is 5.43 Å². The highest BCUT2D eigenvalue weighted by Crippen LogP contribution is 2.24. The molecule has 5 heteroatoms. The Morgan fingerprint density at radius 1 is 1.31 bits per heavy atom. The quantitative estimate of drug-likeness (QED) is 0.541. The fourth-order valence-electron chi connectivity index (χ4n) is 1.56. The molecular formula is C11H14N4O. The topological polar surface area (TPSA) is 76.0 Å². The standard InChI is InChI=1S/C11H14N4O/c1-7-10(14-11(13-7)15-12)8-3-5-9(16-2)6-4-8/h3-6H,12H2,1-2H3,(H2,13,14,15). The largest absolute Gasteiger partial charge is 0.497 e. The molecular weight excluding hydrogens is 204 g/mol. The number of nitrogen functional groups attached to an aromatic ring is 1. The number of hydrogen-bond acceptors (Lipinski definition) is 4. The van der Waals surface area contributed by atoms with E-state index in [0.29, 0.717) is 5.95 Å². The van der Waals surface area contributed by atoms with Gasteiger partial charge in [-0.25, -0.2) is 10.8 Å². The lowest BCUT2D eigenvalue weighted by Crippen LogP contribution is -2.07. The second-order valence-electron chi connectivity index (χ2n) is 3.43. The molecule has 2 rings (SSSR count). The van der Waals surface area contributed by atoms with Gasteiger partial charge < -0.3 is 9.72 Å². The normalized spacial score (nSPS) is 10.2. The Labute approximate surface area is 93.6 Å². The predicted molar refractivity (Wildman–Crippen MR) is 63.1 cm³/mol. The third-order valence-corrected chi connectivity index (χ3v) is 2.38. The summed E-state index contributed by atoms with van der Waals surface area (Å²) in [6.07, 6.45) is 0. The van der Waals surface area contributed by atoms with Gasteiger partial charge in [-0.2, -0.15) is 0 Å². The minimum Gasteiger partial charge on any atom is -0.497 e. The first-order valence-corrected chi connectivity index (χ1v) is 4.92. The molecule has 0 aliphatic heterocycles. The number of hydrazine groups is 1. The minimum absolute atomic E-state index is 0.559. The number of nitrogens with zero attached hydrogens (tertiary/aromatic N) is 1. The number of methoxy groups -OCH3 is 1. The van der Waals surface area contributed by atoms with Crippen molar-refractivity contribution in [2.45, 2.75) is 6.92 Å². The number of hydrogen-bond donors (Lipinski definition) is 3. The Kier molecular flexibility index (Phi) is 2.78. The van der Waals surface area contributed by atoms with E-state index in [1.807, 2.05) is 31.2 Å². The second kappa shape index (κ2) is 4.24. The Hall–Kier alpha value is -2.01. The lowest BCUT2D eigenvalue weighted by Gasteiger charge is -2.01. The van der Waals surface area contributed by atoms with Gasteiger partial charge in [0.2, 0.25) is 5.95 Å². The van der Waals surface area contributed by atoms with Crippen LogP contribution in [0.3, 0.4) is 0 Å². The second-order valence-corrected chi connectivity index (χ2v) is 3.43. The molecule has 0 unspecified atom stereocenters. The monoisotopic (exact) mass is 218 g/mol. The highest BCUT2D eigenvalue weighted by molar-refractivity contribution is 5.64. The van der Waals surface area contributed by atoms with E-state index in [0.717, 1.165) is 22.7 Å². The van der Waals surface area contributed by atoms with E-state index in [1.165, 1.54) is 0 Å². The molecule has 0 aliphatic rings. The molecule has 0 bridgehead atoms. The predicted octanol–water partition coefficient (Wildman–Crippen LogP) is 1.68. The van der Waals surface area contributed by atoms with Gasteiger partial charge >= 0.3 is 0 Å². The van der Waals surface area contributed by atoms with Crippen LogP contribution in [0, 0.1) is 6.92 Å². The van der Waals surface area contributed by atoms with E-state index in [-0.39, 0.29) is 0 Å². The number of benzene rings is 1. The van der Waals surface area contributed by atoms with Crippen molar-refractivity contribution >= 4 is 5.95 Å². The van der Waals surface area contributed by atoms with E-state index in [9.17, 15) is 0 Å². The van der Waals surface area contributed by atoms with Crippen molar-refractivity contribution in [1.29, 1.82) is 0 Å². The van der Waals surface area contributed by atoms with Crippen LogP contribution in [-0.4, -0.2) is 17.1 Å². The Morgan fingerprint density at radius 3 is 2.50 bits per heavy atom. The van der Waals surface area contributed by atoms with E-state index in [2.05, 4.69) is 15.4 Å². The summed E-state index contributed by atoms with van der Waals surface area (Å²) in [7, 11) is 1.64. The summed E-state index contributed by atoms with van der Waals surface area (Å²) in [5.74, 6) is 6.68. The van der Waals surface area contributed by atoms with E-state index >= 15 is 0 Å². The van der Waals surface area contributed by atoms with Crippen molar-refractivity contribution in [1.82, 2.24) is 9.97 Å². The van der Waals surface area contributed by atoms with Crippen molar-refractivity contribution < 1.29 is 4.74 Å². The first kappa shape index (κ1) is 10.5. The van der Waals surface area contributed by atoms with Crippen LogP contribution < -0.4 is 16.0 Å². The molecule has 1 aromatic carbocycles. The number of nitrogens with one attached hydrogen (secondary N) is 2. The van der Waals surface area contributed by atoms with Crippen LogP contribution in [0.4, 0.5) is 5.95 Å². The number of aromatic nitrogens is 2. The summed E-state index contributed by atoms with van der Waals surface area (Å²) >= 11 is 0. The zero-order valence-electron chi connectivity index (χ0n) is 9.24. The van der Waals surface area contributed by atoms with Crippen LogP contribution in [-0.2, 0) is 0 Å². The molecule has 0 spiro atoms. The molecule has 0 amide bonds. The number of nitrogens with two attached hydrogens (primary N) is 1. The average molecular weight is 218 g/mol. The summed E-state index contributed by atoms with van der Waals surface area (Å²) in [5.41, 5.74) is 5.37. The Morgan fingerprint density at radius 2 is 2.00 bits per heavy atom. The molecule has 0 aliphatic carbocycles. The van der Waals surface area contributed by atoms with Crippen LogP contribution in [0.25, 0.3) is 11.3 Å². The van der Waals surface area contributed by atoms with Gasteiger partial charge in [0, 0.05) is 11.3 Å². The number of imidazole rings is 1. The van der Waals surface area contributed by atoms with Crippen molar-refractivity contribution in [2.24, 2.45) is 5.84 Å². The van der Waals surface area contributed by atoms with Crippen molar-refractivity contribution in [3.05, 3.63) is 30.0 Å². The first-order chi connectivity index (χ1) is 7.74. The molecule has 84 valence electrons. The summed E-state index contributed by atoms with van der Waals surface area (Å²) in [5, 5.41) is 0. The molecule has 5 nitrogen and oxygen atoms in total. The Bertz CT molecular complexity index is 475. The van der Waals surface area contributed by atoms with E-state index < -0.39 is 0 Å². The van der Waals surface area contributed by atoms with Gasteiger partial charge in [0.25, 0.3) is 0 Å². The van der Waals surface area contributed by atoms with Crippen LogP contribution in [0.15, 0.2) is 24.3 Å². The van der Waals surface area contributed by atoms with Gasteiger partial charge in [-0.05, 0) is 31.2 Å². The van der Waals surface area contributed by atoms with Crippen LogP contribution >= 0.6 is 0 Å². The third kappa shape index (κ3) is 1.85. The molecule has 0 atom stereocenters. The zero-order valence-corrected chi connectivity index (χ0v) is 9.24. The Balaban J connectivity index is 2.38. The molecule has 0 radical (unpaired) electrons. The number of anilines is 1. The van der Waals surface area contributed by atoms with Gasteiger partial charge in [-0.15, -0.1) is 0 Å². The van der Waals surface area contributed by atoms with E-state index in [4.69, 9.17) is 10.6 Å². The molecule has 1 aromatic heterocycles. The van der Waals surface area contributed by atoms with Gasteiger partial charge in [-0.1, -0.05) is 0 Å². The van der Waals surface area contributed by atoms with Crippen molar-refractivity contribution in [2.75, 3.05) is 12.5 Å². The summed E-state index contributed by atoms with van der Waals surface area (Å²) < 4.78 is 5.10. The number of rotatable bonds is 3. The highest BCUT2D eigenvalue weighted by atomic mass is 16.5. The fourth-order valence-corrected chi connectivity index (χ4v) is 1.56. The number of H-pyrrole nitrogens is 1. The molecule has 0 saturated heterocycles. The number of aromatic amines is 1. The maximum atomic E-state index is 5.29. The maximum Gasteiger partial charge on any atom is 0.215 e. The van der Waals surface area contributed by atoms with Crippen LogP contribution in [0.1, 0.15) is 5.69 Å². The zero-order chi connectivity index (χ0) is 11.5. The van der Waals surface area contributed by atoms with Gasteiger partial charge in [0.05, 0.1) is 12.8 Å². The molecule has 16 heavy (non-hydrogen) atoms. The van der Waals surface area contributed by atoms with Gasteiger partial charge in [0.1, 0.15) is 5.75 Å². The summed E-state index contributed by atoms with van der Waals surface area (Å²) in [6, 6.07) is 7.72. The number of aryl methyl sites for hydroxylation is 1. The minimum atomic E-state index is 0.559. The molecule has 1 heterocycles. The highest BCUT2D eigenvalue weighted by Gasteiger charge is 2.07. The lowest BCUT2D eigenvalue weighted by molar-refractivity contribution is 0.415. The van der Waals surface area contributed by atoms with Crippen molar-refractivity contribution in [3.8, 4) is 17.0 Å². The molecule has 0 fully saturated rings. The van der Waals surface area contributed by atoms with Crippen LogP contribution in [0.5, 0.6) is 5.75 Å². The maximum absolute atomic E-state index is 5.29. The van der Waals surface area contributed by atoms with Crippen LogP contribution in [0.2, 0.25) is 0 Å². The third-order valence-electron chi connectivity index (χ3n) is 2.38. The molecule has 2 aromatic rings. The molecule has 0 saturated carbocycles. The first-order valence-electron chi connectivity index (χ1n) is 4.92. The molecule has 4 N–H and O–H groups in total. The average Bonchev–Trinajstić information content (AvgIpc) is 2.71. The lowest BCUT2D eigenvalue weighted by atomic mass is 10.1. The smallest absolute Gasteiger partial charge is 0.215 e. The summed E-state index contributed by atoms with van der Waals surface area (Å²) in [6.45, 7) is 1.95. The fraction of sp³-hybridized carbons (Fsp3) is 0.182. The van der Waals surface area contributed by atoms with Gasteiger partial charge in [0.15, 0.2) is 0 Å². The van der Waals surface area contributed by atoms with E-state index in [1.54, 1.807) is 7.11 Å². The number of ether oxygens (including phenoxy) is 1. The summed E-state index contributed by atoms with van der Waals surface area (Å²) in [4.78, 5) is 7.36. The SMILES string of the molecule is COc1ccc(-c2nc(NN)[nH]c2C)cc1. The van der Waals surface area contributed by atoms with Crippen molar-refractivity contribution in [3.63, 3.8) is 0 Å².